The Labute approximate surface area is 63.1 Å². The third-order valence-electron chi connectivity index (χ3n) is 1.44. The summed E-state index contributed by atoms with van der Waals surface area (Å²) in [5, 5.41) is 0. The van der Waals surface area contributed by atoms with Crippen molar-refractivity contribution >= 4 is 11.9 Å². The molecule has 0 atom stereocenters. The Morgan fingerprint density at radius 1 is 1.50 bits per heavy atom. The standard InChI is InChI=1S/C8H16N2/c1-7(2)8(3)10-6-5-9-4/h5,7H,6H2,1-4H3. The predicted molar refractivity (Wildman–Crippen MR) is 47.2 cm³/mol. The maximum absolute atomic E-state index is 4.28. The van der Waals surface area contributed by atoms with Crippen molar-refractivity contribution < 1.29 is 0 Å². The van der Waals surface area contributed by atoms with Gasteiger partial charge in [-0.3, -0.25) is 9.98 Å². The van der Waals surface area contributed by atoms with Crippen LogP contribution in [-0.4, -0.2) is 25.5 Å². The number of rotatable bonds is 3. The van der Waals surface area contributed by atoms with E-state index in [1.54, 1.807) is 7.05 Å². The molecule has 0 saturated carbocycles. The summed E-state index contributed by atoms with van der Waals surface area (Å²) in [7, 11) is 1.76. The van der Waals surface area contributed by atoms with Gasteiger partial charge in [-0.25, -0.2) is 0 Å². The molecule has 2 nitrogen and oxygen atoms in total. The summed E-state index contributed by atoms with van der Waals surface area (Å²) in [6.07, 6.45) is 1.81. The van der Waals surface area contributed by atoms with E-state index in [4.69, 9.17) is 0 Å². The fourth-order valence-electron chi connectivity index (χ4n) is 0.449. The van der Waals surface area contributed by atoms with Crippen LogP contribution < -0.4 is 0 Å². The van der Waals surface area contributed by atoms with Crippen molar-refractivity contribution in [3.05, 3.63) is 0 Å². The predicted octanol–water partition coefficient (Wildman–Crippen LogP) is 1.80. The van der Waals surface area contributed by atoms with Crippen LogP contribution in [-0.2, 0) is 0 Å². The summed E-state index contributed by atoms with van der Waals surface area (Å²) in [6.45, 7) is 7.05. The quantitative estimate of drug-likeness (QED) is 0.534. The molecule has 0 amide bonds. The Bertz CT molecular complexity index is 134. The highest BCUT2D eigenvalue weighted by Gasteiger charge is 1.94. The minimum atomic E-state index is 0.560. The molecule has 58 valence electrons. The van der Waals surface area contributed by atoms with Crippen molar-refractivity contribution in [2.45, 2.75) is 20.8 Å². The first-order valence-corrected chi connectivity index (χ1v) is 3.60. The molecule has 0 N–H and O–H groups in total. The molecular formula is C8H16N2. The molecule has 0 aromatic heterocycles. The van der Waals surface area contributed by atoms with Crippen LogP contribution in [0.3, 0.4) is 0 Å². The second-order valence-corrected chi connectivity index (χ2v) is 2.58. The summed E-state index contributed by atoms with van der Waals surface area (Å²) in [4.78, 5) is 8.12. The van der Waals surface area contributed by atoms with E-state index in [0.29, 0.717) is 5.92 Å². The van der Waals surface area contributed by atoms with Crippen LogP contribution in [0.1, 0.15) is 20.8 Å². The zero-order valence-corrected chi connectivity index (χ0v) is 7.26. The molecule has 0 bridgehead atoms. The first-order valence-electron chi connectivity index (χ1n) is 3.60. The van der Waals surface area contributed by atoms with E-state index in [1.165, 1.54) is 5.71 Å². The minimum Gasteiger partial charge on any atom is -0.299 e. The zero-order valence-electron chi connectivity index (χ0n) is 7.26. The topological polar surface area (TPSA) is 24.7 Å². The molecule has 0 aromatic rings. The number of aliphatic imine (C=N–C) groups is 2. The average molecular weight is 140 g/mol. The van der Waals surface area contributed by atoms with Crippen LogP contribution in [0.2, 0.25) is 0 Å². The summed E-state index contributed by atoms with van der Waals surface area (Å²) in [5.74, 6) is 0.560. The number of hydrogen-bond donors (Lipinski definition) is 0. The minimum absolute atomic E-state index is 0.560. The van der Waals surface area contributed by atoms with Gasteiger partial charge in [-0.1, -0.05) is 13.8 Å². The summed E-state index contributed by atoms with van der Waals surface area (Å²) in [6, 6.07) is 0. The van der Waals surface area contributed by atoms with Gasteiger partial charge in [-0.2, -0.15) is 0 Å². The van der Waals surface area contributed by atoms with Crippen molar-refractivity contribution in [1.82, 2.24) is 0 Å². The molecule has 0 aliphatic heterocycles. The lowest BCUT2D eigenvalue weighted by Gasteiger charge is -2.01. The Hall–Kier alpha value is -0.660. The Morgan fingerprint density at radius 3 is 2.50 bits per heavy atom. The molecule has 0 fully saturated rings. The molecule has 0 saturated heterocycles. The van der Waals surface area contributed by atoms with Crippen LogP contribution in [0, 0.1) is 5.92 Å². The lowest BCUT2D eigenvalue weighted by Crippen LogP contribution is -2.02. The second kappa shape index (κ2) is 5.15. The lowest BCUT2D eigenvalue weighted by molar-refractivity contribution is 0.873. The van der Waals surface area contributed by atoms with E-state index in [1.807, 2.05) is 13.1 Å². The van der Waals surface area contributed by atoms with Crippen molar-refractivity contribution in [2.24, 2.45) is 15.9 Å². The first kappa shape index (κ1) is 9.34. The Kier molecular flexibility index (Phi) is 4.81. The van der Waals surface area contributed by atoms with Gasteiger partial charge in [-0.15, -0.1) is 0 Å². The fourth-order valence-corrected chi connectivity index (χ4v) is 0.449. The summed E-state index contributed by atoms with van der Waals surface area (Å²) >= 11 is 0. The zero-order chi connectivity index (χ0) is 7.98. The SMILES string of the molecule is CN=CCN=C(C)C(C)C. The molecule has 0 aliphatic rings. The molecular weight excluding hydrogens is 124 g/mol. The van der Waals surface area contributed by atoms with E-state index in [0.717, 1.165) is 6.54 Å². The molecule has 10 heavy (non-hydrogen) atoms. The molecule has 0 unspecified atom stereocenters. The van der Waals surface area contributed by atoms with Gasteiger partial charge in [0.05, 0.1) is 6.54 Å². The Morgan fingerprint density at radius 2 is 2.10 bits per heavy atom. The molecule has 0 heterocycles. The molecule has 0 rings (SSSR count). The van der Waals surface area contributed by atoms with Crippen LogP contribution in [0.25, 0.3) is 0 Å². The molecule has 0 spiro atoms. The van der Waals surface area contributed by atoms with E-state index < -0.39 is 0 Å². The van der Waals surface area contributed by atoms with Crippen LogP contribution in [0.5, 0.6) is 0 Å². The van der Waals surface area contributed by atoms with Gasteiger partial charge in [0, 0.05) is 19.0 Å². The molecule has 0 radical (unpaired) electrons. The highest BCUT2D eigenvalue weighted by atomic mass is 14.8. The maximum Gasteiger partial charge on any atom is 0.0737 e. The highest BCUT2D eigenvalue weighted by molar-refractivity contribution is 5.84. The van der Waals surface area contributed by atoms with E-state index in [2.05, 4.69) is 23.8 Å². The molecule has 0 aliphatic carbocycles. The van der Waals surface area contributed by atoms with Gasteiger partial charge < -0.3 is 0 Å². The highest BCUT2D eigenvalue weighted by Crippen LogP contribution is 1.94. The third kappa shape index (κ3) is 4.24. The molecule has 2 heteroatoms. The van der Waals surface area contributed by atoms with E-state index >= 15 is 0 Å². The van der Waals surface area contributed by atoms with Crippen molar-refractivity contribution in [2.75, 3.05) is 13.6 Å². The van der Waals surface area contributed by atoms with Crippen molar-refractivity contribution in [3.63, 3.8) is 0 Å². The van der Waals surface area contributed by atoms with Crippen molar-refractivity contribution in [3.8, 4) is 0 Å². The summed E-state index contributed by atoms with van der Waals surface area (Å²) in [5.41, 5.74) is 1.19. The maximum atomic E-state index is 4.28. The number of nitrogens with zero attached hydrogens (tertiary/aromatic N) is 2. The fraction of sp³-hybridized carbons (Fsp3) is 0.750. The largest absolute Gasteiger partial charge is 0.299 e. The van der Waals surface area contributed by atoms with Crippen molar-refractivity contribution in [1.29, 1.82) is 0 Å². The monoisotopic (exact) mass is 140 g/mol. The van der Waals surface area contributed by atoms with Gasteiger partial charge in [0.25, 0.3) is 0 Å². The average Bonchev–Trinajstić information content (AvgIpc) is 1.88. The van der Waals surface area contributed by atoms with Crippen LogP contribution >= 0.6 is 0 Å². The smallest absolute Gasteiger partial charge is 0.0737 e. The van der Waals surface area contributed by atoms with E-state index in [9.17, 15) is 0 Å². The van der Waals surface area contributed by atoms with Gasteiger partial charge in [-0.05, 0) is 12.8 Å². The van der Waals surface area contributed by atoms with Crippen LogP contribution in [0.4, 0.5) is 0 Å². The van der Waals surface area contributed by atoms with Gasteiger partial charge >= 0.3 is 0 Å². The Balaban J connectivity index is 3.68. The number of hydrogen-bond acceptors (Lipinski definition) is 2. The first-order chi connectivity index (χ1) is 4.68. The molecule has 0 aromatic carbocycles. The third-order valence-corrected chi connectivity index (χ3v) is 1.44. The lowest BCUT2D eigenvalue weighted by atomic mass is 10.1. The normalized spacial score (nSPS) is 13.5. The van der Waals surface area contributed by atoms with Gasteiger partial charge in [0.2, 0.25) is 0 Å². The van der Waals surface area contributed by atoms with Gasteiger partial charge in [0.1, 0.15) is 0 Å². The van der Waals surface area contributed by atoms with E-state index in [-0.39, 0.29) is 0 Å². The van der Waals surface area contributed by atoms with Gasteiger partial charge in [0.15, 0.2) is 0 Å². The van der Waals surface area contributed by atoms with Crippen LogP contribution in [0.15, 0.2) is 9.98 Å². The summed E-state index contributed by atoms with van der Waals surface area (Å²) < 4.78 is 0. The second-order valence-electron chi connectivity index (χ2n) is 2.58.